The number of para-hydroxylation sites is 2. The molecule has 6 nitrogen and oxygen atoms in total. The summed E-state index contributed by atoms with van der Waals surface area (Å²) in [4.78, 5) is 14.0. The predicted molar refractivity (Wildman–Crippen MR) is 86.7 cm³/mol. The van der Waals surface area contributed by atoms with E-state index in [1.54, 1.807) is 24.1 Å². The molecule has 1 aliphatic heterocycles. The Morgan fingerprint density at radius 3 is 2.67 bits per heavy atom. The van der Waals surface area contributed by atoms with Crippen LogP contribution in [0.4, 0.5) is 5.69 Å². The lowest BCUT2D eigenvalue weighted by Crippen LogP contribution is -2.40. The molecule has 2 rings (SSSR count). The SMILES string of the molecule is COc1ccccc1NN=C(C(=O)N1CCCC1)C(N)=S. The first-order valence-corrected chi connectivity index (χ1v) is 7.10. The van der Waals surface area contributed by atoms with Gasteiger partial charge >= 0.3 is 0 Å². The van der Waals surface area contributed by atoms with Crippen molar-refractivity contribution in [2.45, 2.75) is 12.8 Å². The molecule has 7 heteroatoms. The second-order valence-electron chi connectivity index (χ2n) is 4.64. The van der Waals surface area contributed by atoms with E-state index in [1.165, 1.54) is 0 Å². The average Bonchev–Trinajstić information content (AvgIpc) is 3.01. The number of nitrogens with one attached hydrogen (secondary N) is 1. The fourth-order valence-electron chi connectivity index (χ4n) is 2.13. The Hall–Kier alpha value is -2.15. The second-order valence-corrected chi connectivity index (χ2v) is 5.08. The van der Waals surface area contributed by atoms with Crippen LogP contribution in [0, 0.1) is 0 Å². The maximum atomic E-state index is 12.3. The third kappa shape index (κ3) is 3.69. The number of nitrogens with two attached hydrogens (primary N) is 1. The molecule has 1 aromatic carbocycles. The van der Waals surface area contributed by atoms with Crippen molar-refractivity contribution in [1.29, 1.82) is 0 Å². The van der Waals surface area contributed by atoms with Crippen LogP contribution >= 0.6 is 12.2 Å². The number of amides is 1. The highest BCUT2D eigenvalue weighted by Gasteiger charge is 2.24. The number of ether oxygens (including phenoxy) is 1. The molecule has 112 valence electrons. The number of carbonyl (C=O) groups is 1. The van der Waals surface area contributed by atoms with Crippen LogP contribution in [0.2, 0.25) is 0 Å². The summed E-state index contributed by atoms with van der Waals surface area (Å²) in [5.74, 6) is 0.388. The number of likely N-dealkylation sites (tertiary alicyclic amines) is 1. The van der Waals surface area contributed by atoms with Crippen molar-refractivity contribution >= 4 is 34.5 Å². The Bertz CT molecular complexity index is 568. The third-order valence-corrected chi connectivity index (χ3v) is 3.42. The highest BCUT2D eigenvalue weighted by atomic mass is 32.1. The van der Waals surface area contributed by atoms with Crippen molar-refractivity contribution in [1.82, 2.24) is 4.90 Å². The van der Waals surface area contributed by atoms with E-state index in [0.717, 1.165) is 25.9 Å². The summed E-state index contributed by atoms with van der Waals surface area (Å²) < 4.78 is 5.21. The summed E-state index contributed by atoms with van der Waals surface area (Å²) in [6.45, 7) is 1.43. The van der Waals surface area contributed by atoms with E-state index in [0.29, 0.717) is 11.4 Å². The molecule has 1 heterocycles. The molecule has 1 fully saturated rings. The molecule has 21 heavy (non-hydrogen) atoms. The molecule has 0 atom stereocenters. The molecule has 1 aromatic rings. The standard InChI is InChI=1S/C14H18N4O2S/c1-20-11-7-3-2-6-10(11)16-17-12(13(15)21)14(19)18-8-4-5-9-18/h2-3,6-7,16H,4-5,8-9H2,1H3,(H2,15,21). The van der Waals surface area contributed by atoms with E-state index in [2.05, 4.69) is 10.5 Å². The molecule has 0 unspecified atom stereocenters. The Morgan fingerprint density at radius 1 is 1.38 bits per heavy atom. The minimum absolute atomic E-state index is 0.0192. The fraction of sp³-hybridized carbons (Fsp3) is 0.357. The van der Waals surface area contributed by atoms with Gasteiger partial charge in [-0.1, -0.05) is 24.4 Å². The molecule has 0 spiro atoms. The van der Waals surface area contributed by atoms with Gasteiger partial charge in [-0.3, -0.25) is 10.2 Å². The van der Waals surface area contributed by atoms with Gasteiger partial charge in [0, 0.05) is 13.1 Å². The summed E-state index contributed by atoms with van der Waals surface area (Å²) in [5, 5.41) is 4.08. The summed E-state index contributed by atoms with van der Waals surface area (Å²) >= 11 is 4.93. The van der Waals surface area contributed by atoms with Gasteiger partial charge in [0.25, 0.3) is 5.91 Å². The monoisotopic (exact) mass is 306 g/mol. The van der Waals surface area contributed by atoms with Gasteiger partial charge in [0.05, 0.1) is 12.8 Å². The second kappa shape index (κ2) is 7.03. The number of anilines is 1. The predicted octanol–water partition coefficient (Wildman–Crippen LogP) is 1.37. The van der Waals surface area contributed by atoms with Crippen LogP contribution in [-0.2, 0) is 4.79 Å². The Morgan fingerprint density at radius 2 is 2.05 bits per heavy atom. The summed E-state index contributed by atoms with van der Waals surface area (Å²) in [7, 11) is 1.56. The number of hydrogen-bond acceptors (Lipinski definition) is 5. The van der Waals surface area contributed by atoms with Crippen molar-refractivity contribution < 1.29 is 9.53 Å². The molecular weight excluding hydrogens is 288 g/mol. The number of rotatable bonds is 5. The van der Waals surface area contributed by atoms with E-state index >= 15 is 0 Å². The zero-order valence-electron chi connectivity index (χ0n) is 11.8. The molecular formula is C14H18N4O2S. The first kappa shape index (κ1) is 15.2. The summed E-state index contributed by atoms with van der Waals surface area (Å²) in [5.41, 5.74) is 9.13. The molecule has 0 saturated carbocycles. The molecule has 0 aliphatic carbocycles. The van der Waals surface area contributed by atoms with Gasteiger partial charge < -0.3 is 15.4 Å². The van der Waals surface area contributed by atoms with Gasteiger partial charge in [-0.05, 0) is 25.0 Å². The van der Waals surface area contributed by atoms with Gasteiger partial charge in [0.1, 0.15) is 10.7 Å². The summed E-state index contributed by atoms with van der Waals surface area (Å²) in [6.07, 6.45) is 1.99. The first-order chi connectivity index (χ1) is 10.1. The van der Waals surface area contributed by atoms with Crippen LogP contribution < -0.4 is 15.9 Å². The van der Waals surface area contributed by atoms with Crippen molar-refractivity contribution in [3.63, 3.8) is 0 Å². The highest BCUT2D eigenvalue weighted by molar-refractivity contribution is 7.82. The van der Waals surface area contributed by atoms with E-state index in [1.807, 2.05) is 12.1 Å². The highest BCUT2D eigenvalue weighted by Crippen LogP contribution is 2.23. The molecule has 0 aromatic heterocycles. The quantitative estimate of drug-likeness (QED) is 0.488. The maximum Gasteiger partial charge on any atom is 0.277 e. The van der Waals surface area contributed by atoms with Crippen LogP contribution in [0.5, 0.6) is 5.75 Å². The molecule has 0 radical (unpaired) electrons. The van der Waals surface area contributed by atoms with Gasteiger partial charge in [-0.25, -0.2) is 0 Å². The Balaban J connectivity index is 2.17. The van der Waals surface area contributed by atoms with E-state index < -0.39 is 0 Å². The lowest BCUT2D eigenvalue weighted by atomic mass is 10.3. The van der Waals surface area contributed by atoms with E-state index in [-0.39, 0.29) is 16.6 Å². The van der Waals surface area contributed by atoms with Gasteiger partial charge in [-0.2, -0.15) is 5.10 Å². The van der Waals surface area contributed by atoms with Crippen LogP contribution in [0.1, 0.15) is 12.8 Å². The number of nitrogens with zero attached hydrogens (tertiary/aromatic N) is 2. The zero-order chi connectivity index (χ0) is 15.2. The van der Waals surface area contributed by atoms with Crippen molar-refractivity contribution in [3.8, 4) is 5.75 Å². The zero-order valence-corrected chi connectivity index (χ0v) is 12.7. The molecule has 0 bridgehead atoms. The summed E-state index contributed by atoms with van der Waals surface area (Å²) in [6, 6.07) is 7.27. The lowest BCUT2D eigenvalue weighted by molar-refractivity contribution is -0.122. The fourth-order valence-corrected chi connectivity index (χ4v) is 2.26. The smallest absolute Gasteiger partial charge is 0.277 e. The minimum Gasteiger partial charge on any atom is -0.495 e. The van der Waals surface area contributed by atoms with Crippen molar-refractivity contribution in [3.05, 3.63) is 24.3 Å². The van der Waals surface area contributed by atoms with Gasteiger partial charge in [0.2, 0.25) is 0 Å². The normalized spacial score (nSPS) is 14.9. The van der Waals surface area contributed by atoms with Gasteiger partial charge in [0.15, 0.2) is 5.71 Å². The van der Waals surface area contributed by atoms with Crippen LogP contribution in [0.25, 0.3) is 0 Å². The van der Waals surface area contributed by atoms with Crippen molar-refractivity contribution in [2.75, 3.05) is 25.6 Å². The van der Waals surface area contributed by atoms with Crippen LogP contribution in [0.15, 0.2) is 29.4 Å². The first-order valence-electron chi connectivity index (χ1n) is 6.69. The van der Waals surface area contributed by atoms with Crippen molar-refractivity contribution in [2.24, 2.45) is 10.8 Å². The molecule has 1 saturated heterocycles. The minimum atomic E-state index is -0.234. The third-order valence-electron chi connectivity index (χ3n) is 3.22. The van der Waals surface area contributed by atoms with Crippen LogP contribution in [-0.4, -0.2) is 41.7 Å². The Kier molecular flexibility index (Phi) is 5.10. The number of hydrogen-bond donors (Lipinski definition) is 2. The number of carbonyl (C=O) groups excluding carboxylic acids is 1. The topological polar surface area (TPSA) is 80.0 Å². The van der Waals surface area contributed by atoms with E-state index in [9.17, 15) is 4.79 Å². The average molecular weight is 306 g/mol. The molecule has 1 amide bonds. The molecule has 1 aliphatic rings. The van der Waals surface area contributed by atoms with Crippen LogP contribution in [0.3, 0.4) is 0 Å². The van der Waals surface area contributed by atoms with Gasteiger partial charge in [-0.15, -0.1) is 0 Å². The number of benzene rings is 1. The number of methoxy groups -OCH3 is 1. The number of hydrazone groups is 1. The van der Waals surface area contributed by atoms with E-state index in [4.69, 9.17) is 22.7 Å². The Labute approximate surface area is 128 Å². The maximum absolute atomic E-state index is 12.3. The number of thiocarbonyl (C=S) groups is 1. The largest absolute Gasteiger partial charge is 0.495 e. The molecule has 3 N–H and O–H groups in total. The lowest BCUT2D eigenvalue weighted by Gasteiger charge is -2.16.